The molecular formula is C12H25N4NaO8. The molecule has 0 aliphatic heterocycles. The molecule has 13 heteroatoms. The van der Waals surface area contributed by atoms with E-state index < -0.39 is 43.0 Å². The molecule has 0 aromatic carbocycles. The van der Waals surface area contributed by atoms with Crippen LogP contribution in [0.15, 0.2) is 0 Å². The van der Waals surface area contributed by atoms with E-state index in [1.165, 1.54) is 0 Å². The summed E-state index contributed by atoms with van der Waals surface area (Å²) < 4.78 is 0. The summed E-state index contributed by atoms with van der Waals surface area (Å²) in [5.41, 5.74) is 10.1. The van der Waals surface area contributed by atoms with E-state index in [1.54, 1.807) is 0 Å². The molecule has 0 unspecified atom stereocenters. The third kappa shape index (κ3) is 15.2. The number of carboxylic acid groups (broad SMARTS) is 1. The standard InChI is InChI=1S/C6H14N4O2.C6H12O6.Na/c7-4(5(11)12)2-1-3-10-6(8)9;7-1-3(9)5(11)6(12)4(10)2-8;/h4H,1-3,7H2,(H,11,12)(H4,8,9,10);1,3-6,8-12H,2H2;/q;;+1/p-1/t4-;3-,4+,5+,6+;/m00./s1. The number of hydrogen-bond acceptors (Lipinski definition) is 10. The fraction of sp³-hybridized carbons (Fsp3) is 0.750. The third-order valence-electron chi connectivity index (χ3n) is 2.73. The predicted molar refractivity (Wildman–Crippen MR) is 79.3 cm³/mol. The minimum Gasteiger partial charge on any atom is -0.548 e. The Bertz CT molecular complexity index is 390. The number of carbonyl (C=O) groups excluding carboxylic acids is 2. The first-order chi connectivity index (χ1) is 11.1. The molecule has 5 atom stereocenters. The van der Waals surface area contributed by atoms with Gasteiger partial charge in [0.1, 0.15) is 24.4 Å². The van der Waals surface area contributed by atoms with Crippen molar-refractivity contribution in [1.29, 1.82) is 5.41 Å². The number of carbonyl (C=O) groups is 2. The van der Waals surface area contributed by atoms with E-state index in [1.807, 2.05) is 0 Å². The van der Waals surface area contributed by atoms with Gasteiger partial charge in [-0.15, -0.1) is 0 Å². The second kappa shape index (κ2) is 16.6. The van der Waals surface area contributed by atoms with Crippen molar-refractivity contribution in [2.45, 2.75) is 43.3 Å². The number of aliphatic hydroxyl groups excluding tert-OH is 5. The molecule has 0 aromatic rings. The Labute approximate surface area is 166 Å². The van der Waals surface area contributed by atoms with Crippen LogP contribution in [0.4, 0.5) is 0 Å². The van der Waals surface area contributed by atoms with Gasteiger partial charge in [-0.05, 0) is 12.8 Å². The molecule has 0 fully saturated rings. The van der Waals surface area contributed by atoms with Crippen LogP contribution in [0.1, 0.15) is 12.8 Å². The number of aliphatic carboxylic acids is 1. The first kappa shape index (κ1) is 29.0. The van der Waals surface area contributed by atoms with Gasteiger partial charge in [-0.25, -0.2) is 0 Å². The second-order valence-electron chi connectivity index (χ2n) is 4.77. The van der Waals surface area contributed by atoms with E-state index in [0.29, 0.717) is 19.4 Å². The van der Waals surface area contributed by atoms with E-state index in [0.717, 1.165) is 0 Å². The molecule has 0 rings (SSSR count). The van der Waals surface area contributed by atoms with Crippen LogP contribution < -0.4 is 51.4 Å². The van der Waals surface area contributed by atoms with Gasteiger partial charge in [0.2, 0.25) is 0 Å². The number of carboxylic acids is 1. The number of aliphatic hydroxyl groups is 5. The molecule has 0 amide bonds. The maximum Gasteiger partial charge on any atom is 1.00 e. The maximum atomic E-state index is 10.1. The Morgan fingerprint density at radius 1 is 1.24 bits per heavy atom. The van der Waals surface area contributed by atoms with Crippen molar-refractivity contribution in [2.75, 3.05) is 13.2 Å². The summed E-state index contributed by atoms with van der Waals surface area (Å²) in [4.78, 5) is 20.0. The maximum absolute atomic E-state index is 10.1. The number of guanidine groups is 1. The largest absolute Gasteiger partial charge is 1.00 e. The van der Waals surface area contributed by atoms with Crippen LogP contribution in [-0.4, -0.2) is 87.4 Å². The Hall–Kier alpha value is -0.830. The summed E-state index contributed by atoms with van der Waals surface area (Å²) in [5, 5.41) is 62.9. The van der Waals surface area contributed by atoms with Crippen molar-refractivity contribution in [3.8, 4) is 0 Å². The van der Waals surface area contributed by atoms with Gasteiger partial charge in [0.05, 0.1) is 12.6 Å². The summed E-state index contributed by atoms with van der Waals surface area (Å²) in [5.74, 6) is -1.38. The van der Waals surface area contributed by atoms with Crippen LogP contribution in [0.2, 0.25) is 0 Å². The Morgan fingerprint density at radius 2 is 1.76 bits per heavy atom. The van der Waals surface area contributed by atoms with Gasteiger partial charge in [0, 0.05) is 12.6 Å². The summed E-state index contributed by atoms with van der Waals surface area (Å²) in [6.45, 7) is -0.305. The molecule has 0 aliphatic rings. The molecule has 142 valence electrons. The molecule has 12 nitrogen and oxygen atoms in total. The predicted octanol–water partition coefficient (Wildman–Crippen LogP) is -9.05. The van der Waals surface area contributed by atoms with E-state index in [-0.39, 0.29) is 41.8 Å². The quantitative estimate of drug-likeness (QED) is 0.0569. The van der Waals surface area contributed by atoms with Gasteiger partial charge in [0.25, 0.3) is 0 Å². The number of aldehydes is 1. The molecule has 0 saturated heterocycles. The van der Waals surface area contributed by atoms with Crippen molar-refractivity contribution in [3.63, 3.8) is 0 Å². The molecule has 0 aromatic heterocycles. The van der Waals surface area contributed by atoms with Gasteiger partial charge < -0.3 is 57.0 Å². The third-order valence-corrected chi connectivity index (χ3v) is 2.73. The van der Waals surface area contributed by atoms with Crippen LogP contribution in [0.3, 0.4) is 0 Å². The molecule has 25 heavy (non-hydrogen) atoms. The molecule has 0 heterocycles. The van der Waals surface area contributed by atoms with Gasteiger partial charge in [-0.3, -0.25) is 5.41 Å². The number of nitrogens with two attached hydrogens (primary N) is 2. The topological polar surface area (TPSA) is 246 Å². The Morgan fingerprint density at radius 3 is 2.12 bits per heavy atom. The molecule has 0 bridgehead atoms. The van der Waals surface area contributed by atoms with E-state index in [2.05, 4.69) is 5.32 Å². The molecule has 0 saturated carbocycles. The van der Waals surface area contributed by atoms with Gasteiger partial charge in [-0.2, -0.15) is 0 Å². The summed E-state index contributed by atoms with van der Waals surface area (Å²) in [7, 11) is 0. The monoisotopic (exact) mass is 376 g/mol. The number of nitrogens with one attached hydrogen (secondary N) is 2. The molecular weight excluding hydrogens is 351 g/mol. The summed E-state index contributed by atoms with van der Waals surface area (Å²) in [6, 6.07) is -0.932. The van der Waals surface area contributed by atoms with Crippen molar-refractivity contribution in [2.24, 2.45) is 11.5 Å². The smallest absolute Gasteiger partial charge is 0.548 e. The Balaban J connectivity index is -0.000000372. The first-order valence-corrected chi connectivity index (χ1v) is 6.91. The molecule has 0 radical (unpaired) electrons. The van der Waals surface area contributed by atoms with Gasteiger partial charge in [-0.1, -0.05) is 0 Å². The number of hydrogen-bond donors (Lipinski definition) is 9. The zero-order valence-corrected chi connectivity index (χ0v) is 15.9. The van der Waals surface area contributed by atoms with Crippen LogP contribution in [-0.2, 0) is 9.59 Å². The fourth-order valence-corrected chi connectivity index (χ4v) is 1.28. The molecule has 0 spiro atoms. The van der Waals surface area contributed by atoms with Crippen LogP contribution in [0.25, 0.3) is 0 Å². The second-order valence-corrected chi connectivity index (χ2v) is 4.77. The van der Waals surface area contributed by atoms with E-state index in [9.17, 15) is 14.7 Å². The van der Waals surface area contributed by atoms with Gasteiger partial charge >= 0.3 is 29.6 Å². The average molecular weight is 376 g/mol. The molecule has 11 N–H and O–H groups in total. The van der Waals surface area contributed by atoms with Crippen LogP contribution in [0, 0.1) is 5.41 Å². The average Bonchev–Trinajstić information content (AvgIpc) is 2.55. The van der Waals surface area contributed by atoms with Crippen LogP contribution >= 0.6 is 0 Å². The van der Waals surface area contributed by atoms with Crippen molar-refractivity contribution in [1.82, 2.24) is 5.32 Å². The van der Waals surface area contributed by atoms with Crippen LogP contribution in [0.5, 0.6) is 0 Å². The number of rotatable bonds is 10. The van der Waals surface area contributed by atoms with Crippen molar-refractivity contribution < 1.29 is 69.8 Å². The molecule has 0 aliphatic carbocycles. The Kier molecular flexibility index (Phi) is 19.3. The van der Waals surface area contributed by atoms with Gasteiger partial charge in [0.15, 0.2) is 12.2 Å². The fourth-order valence-electron chi connectivity index (χ4n) is 1.28. The normalized spacial score (nSPS) is 15.9. The van der Waals surface area contributed by atoms with Crippen molar-refractivity contribution >= 4 is 18.2 Å². The zero-order chi connectivity index (χ0) is 19.3. The van der Waals surface area contributed by atoms with Crippen molar-refractivity contribution in [3.05, 3.63) is 0 Å². The summed E-state index contributed by atoms with van der Waals surface area (Å²) >= 11 is 0. The SMILES string of the molecule is N=C(N)NCCC[C@H](N)C(=O)[O-].O=C[C@H](O)[C@@H](O)[C@H](O)[C@H](O)CO.[Na+]. The van der Waals surface area contributed by atoms with E-state index in [4.69, 9.17) is 42.4 Å². The minimum absolute atomic E-state index is 0. The van der Waals surface area contributed by atoms with E-state index >= 15 is 0 Å². The zero-order valence-electron chi connectivity index (χ0n) is 13.9. The minimum atomic E-state index is -1.79. The first-order valence-electron chi connectivity index (χ1n) is 6.91. The summed E-state index contributed by atoms with van der Waals surface area (Å²) in [6.07, 6.45) is -5.97.